The Morgan fingerprint density at radius 3 is 2.47 bits per heavy atom. The summed E-state index contributed by atoms with van der Waals surface area (Å²) < 4.78 is 0. The number of benzene rings is 1. The van der Waals surface area contributed by atoms with Gasteiger partial charge in [-0.2, -0.15) is 0 Å². The molecule has 0 bridgehead atoms. The van der Waals surface area contributed by atoms with E-state index in [1.807, 2.05) is 0 Å². The fraction of sp³-hybridized carbons (Fsp3) is 0.417. The van der Waals surface area contributed by atoms with Gasteiger partial charge in [0.1, 0.15) is 0 Å². The monoisotopic (exact) mass is 236 g/mol. The Balaban J connectivity index is 2.61. The number of non-ortho nitro benzene ring substituents is 1. The Morgan fingerprint density at radius 1 is 1.41 bits per heavy atom. The minimum Gasteiger partial charge on any atom is -0.352 e. The first-order valence-electron chi connectivity index (χ1n) is 5.57. The normalized spacial score (nSPS) is 11.9. The minimum atomic E-state index is -0.485. The fourth-order valence-corrected chi connectivity index (χ4v) is 1.25. The number of nitrogens with zero attached hydrogens (tertiary/aromatic N) is 1. The van der Waals surface area contributed by atoms with Crippen LogP contribution in [0.25, 0.3) is 0 Å². The molecule has 0 saturated carbocycles. The Morgan fingerprint density at radius 2 is 2.00 bits per heavy atom. The van der Waals surface area contributed by atoms with Crippen LogP contribution in [-0.4, -0.2) is 17.4 Å². The molecule has 0 fully saturated rings. The second kappa shape index (κ2) is 5.98. The van der Waals surface area contributed by atoms with E-state index in [0.29, 0.717) is 18.0 Å². The van der Waals surface area contributed by atoms with Crippen molar-refractivity contribution in [3.63, 3.8) is 0 Å². The molecule has 0 saturated heterocycles. The number of hydrogen-bond acceptors (Lipinski definition) is 3. The predicted molar refractivity (Wildman–Crippen MR) is 64.9 cm³/mol. The van der Waals surface area contributed by atoms with E-state index in [4.69, 9.17) is 0 Å². The molecule has 0 heterocycles. The van der Waals surface area contributed by atoms with Gasteiger partial charge in [-0.3, -0.25) is 14.9 Å². The molecule has 5 nitrogen and oxygen atoms in total. The maximum Gasteiger partial charge on any atom is 0.269 e. The third-order valence-electron chi connectivity index (χ3n) is 2.65. The number of rotatable bonds is 5. The molecule has 0 radical (unpaired) electrons. The summed E-state index contributed by atoms with van der Waals surface area (Å²) in [4.78, 5) is 21.6. The molecule has 1 amide bonds. The lowest BCUT2D eigenvalue weighted by Crippen LogP contribution is -2.27. The zero-order valence-electron chi connectivity index (χ0n) is 9.97. The van der Waals surface area contributed by atoms with Crippen LogP contribution in [0.2, 0.25) is 0 Å². The summed E-state index contributed by atoms with van der Waals surface area (Å²) >= 11 is 0. The molecule has 0 aliphatic heterocycles. The zero-order chi connectivity index (χ0) is 12.8. The van der Waals surface area contributed by atoms with Gasteiger partial charge in [-0.05, 0) is 18.1 Å². The lowest BCUT2D eigenvalue weighted by Gasteiger charge is -2.09. The molecule has 0 aliphatic rings. The third-order valence-corrected chi connectivity index (χ3v) is 2.65. The fourth-order valence-electron chi connectivity index (χ4n) is 1.25. The van der Waals surface area contributed by atoms with Crippen molar-refractivity contribution in [2.24, 2.45) is 5.92 Å². The first-order valence-corrected chi connectivity index (χ1v) is 5.57. The van der Waals surface area contributed by atoms with Gasteiger partial charge in [0.25, 0.3) is 11.6 Å². The number of nitro benzene ring substituents is 1. The summed E-state index contributed by atoms with van der Waals surface area (Å²) in [6, 6.07) is 5.59. The SMILES string of the molecule is CC[C@H](C)CNC(=O)c1ccc([N+](=O)[O-])cc1. The Labute approximate surface area is 100.0 Å². The first kappa shape index (κ1) is 13.2. The summed E-state index contributed by atoms with van der Waals surface area (Å²) in [6.07, 6.45) is 1.00. The summed E-state index contributed by atoms with van der Waals surface area (Å²) in [7, 11) is 0. The first-order chi connectivity index (χ1) is 8.04. The predicted octanol–water partition coefficient (Wildman–Crippen LogP) is 2.37. The average Bonchev–Trinajstić information content (AvgIpc) is 2.35. The Bertz CT molecular complexity index is 401. The highest BCUT2D eigenvalue weighted by Crippen LogP contribution is 2.11. The molecule has 1 N–H and O–H groups in total. The molecule has 5 heteroatoms. The number of carbonyl (C=O) groups is 1. The Hall–Kier alpha value is -1.91. The summed E-state index contributed by atoms with van der Waals surface area (Å²) in [5.41, 5.74) is 0.433. The van der Waals surface area contributed by atoms with Crippen molar-refractivity contribution >= 4 is 11.6 Å². The van der Waals surface area contributed by atoms with Crippen LogP contribution in [-0.2, 0) is 0 Å². The summed E-state index contributed by atoms with van der Waals surface area (Å²) in [6.45, 7) is 4.73. The lowest BCUT2D eigenvalue weighted by atomic mass is 10.1. The molecule has 0 spiro atoms. The molecule has 1 atom stereocenters. The Kier molecular flexibility index (Phi) is 4.63. The van der Waals surface area contributed by atoms with Crippen LogP contribution >= 0.6 is 0 Å². The third kappa shape index (κ3) is 3.86. The molecule has 0 unspecified atom stereocenters. The lowest BCUT2D eigenvalue weighted by molar-refractivity contribution is -0.384. The molecule has 0 aromatic heterocycles. The highest BCUT2D eigenvalue weighted by Gasteiger charge is 2.09. The second-order valence-electron chi connectivity index (χ2n) is 4.03. The van der Waals surface area contributed by atoms with E-state index in [-0.39, 0.29) is 11.6 Å². The summed E-state index contributed by atoms with van der Waals surface area (Å²) in [5, 5.41) is 13.2. The minimum absolute atomic E-state index is 0.0107. The van der Waals surface area contributed by atoms with Crippen molar-refractivity contribution < 1.29 is 9.72 Å². The van der Waals surface area contributed by atoms with Crippen molar-refractivity contribution in [1.82, 2.24) is 5.32 Å². The molecule has 1 aromatic carbocycles. The molecular weight excluding hydrogens is 220 g/mol. The van der Waals surface area contributed by atoms with E-state index in [0.717, 1.165) is 6.42 Å². The molecule has 1 aromatic rings. The number of hydrogen-bond donors (Lipinski definition) is 1. The maximum atomic E-state index is 11.7. The van der Waals surface area contributed by atoms with Crippen LogP contribution in [0.5, 0.6) is 0 Å². The second-order valence-corrected chi connectivity index (χ2v) is 4.03. The van der Waals surface area contributed by atoms with E-state index < -0.39 is 4.92 Å². The standard InChI is InChI=1S/C12H16N2O3/c1-3-9(2)8-13-12(15)10-4-6-11(7-5-10)14(16)17/h4-7,9H,3,8H2,1-2H3,(H,13,15)/t9-/m0/s1. The van der Waals surface area contributed by atoms with E-state index in [1.165, 1.54) is 24.3 Å². The van der Waals surface area contributed by atoms with Gasteiger partial charge >= 0.3 is 0 Å². The van der Waals surface area contributed by atoms with Crippen LogP contribution in [0.1, 0.15) is 30.6 Å². The van der Waals surface area contributed by atoms with Gasteiger partial charge in [0.15, 0.2) is 0 Å². The van der Waals surface area contributed by atoms with Crippen molar-refractivity contribution in [1.29, 1.82) is 0 Å². The number of nitrogens with one attached hydrogen (secondary N) is 1. The molecule has 17 heavy (non-hydrogen) atoms. The van der Waals surface area contributed by atoms with E-state index in [1.54, 1.807) is 0 Å². The molecular formula is C12H16N2O3. The largest absolute Gasteiger partial charge is 0.352 e. The van der Waals surface area contributed by atoms with Crippen molar-refractivity contribution in [2.75, 3.05) is 6.54 Å². The molecule has 0 aliphatic carbocycles. The smallest absolute Gasteiger partial charge is 0.269 e. The van der Waals surface area contributed by atoms with Gasteiger partial charge in [0, 0.05) is 24.2 Å². The van der Waals surface area contributed by atoms with Crippen LogP contribution < -0.4 is 5.32 Å². The van der Waals surface area contributed by atoms with Crippen molar-refractivity contribution in [2.45, 2.75) is 20.3 Å². The topological polar surface area (TPSA) is 72.2 Å². The zero-order valence-corrected chi connectivity index (χ0v) is 9.97. The molecule has 1 rings (SSSR count). The van der Waals surface area contributed by atoms with Gasteiger partial charge in [-0.1, -0.05) is 20.3 Å². The van der Waals surface area contributed by atoms with Gasteiger partial charge < -0.3 is 5.32 Å². The van der Waals surface area contributed by atoms with Crippen molar-refractivity contribution in [3.05, 3.63) is 39.9 Å². The van der Waals surface area contributed by atoms with Crippen LogP contribution in [0.3, 0.4) is 0 Å². The van der Waals surface area contributed by atoms with Gasteiger partial charge in [0.05, 0.1) is 4.92 Å². The summed E-state index contributed by atoms with van der Waals surface area (Å²) in [5.74, 6) is 0.234. The van der Waals surface area contributed by atoms with Gasteiger partial charge in [-0.15, -0.1) is 0 Å². The highest BCUT2D eigenvalue weighted by atomic mass is 16.6. The molecule has 92 valence electrons. The maximum absolute atomic E-state index is 11.7. The number of carbonyl (C=O) groups excluding carboxylic acids is 1. The van der Waals surface area contributed by atoms with Crippen LogP contribution in [0.4, 0.5) is 5.69 Å². The van der Waals surface area contributed by atoms with Crippen LogP contribution in [0, 0.1) is 16.0 Å². The average molecular weight is 236 g/mol. The van der Waals surface area contributed by atoms with E-state index >= 15 is 0 Å². The number of amides is 1. The quantitative estimate of drug-likeness (QED) is 0.630. The van der Waals surface area contributed by atoms with Gasteiger partial charge in [0.2, 0.25) is 0 Å². The highest BCUT2D eigenvalue weighted by molar-refractivity contribution is 5.94. The number of nitro groups is 1. The van der Waals surface area contributed by atoms with Crippen LogP contribution in [0.15, 0.2) is 24.3 Å². The van der Waals surface area contributed by atoms with E-state index in [2.05, 4.69) is 19.2 Å². The van der Waals surface area contributed by atoms with Gasteiger partial charge in [-0.25, -0.2) is 0 Å². The van der Waals surface area contributed by atoms with E-state index in [9.17, 15) is 14.9 Å². The van der Waals surface area contributed by atoms with Crippen molar-refractivity contribution in [3.8, 4) is 0 Å².